The first-order valence-corrected chi connectivity index (χ1v) is 5.41. The molecule has 0 atom stereocenters. The fourth-order valence-electron chi connectivity index (χ4n) is 1.38. The lowest BCUT2D eigenvalue weighted by Crippen LogP contribution is -2.08. The molecule has 3 nitrogen and oxygen atoms in total. The molecule has 0 bridgehead atoms. The summed E-state index contributed by atoms with van der Waals surface area (Å²) in [4.78, 5) is 0. The van der Waals surface area contributed by atoms with Gasteiger partial charge in [-0.15, -0.1) is 12.4 Å². The molecular weight excluding hydrogens is 210 g/mol. The Morgan fingerprint density at radius 1 is 1.47 bits per heavy atom. The van der Waals surface area contributed by atoms with E-state index < -0.39 is 0 Å². The van der Waals surface area contributed by atoms with Crippen LogP contribution < -0.4 is 5.32 Å². The Morgan fingerprint density at radius 2 is 2.13 bits per heavy atom. The van der Waals surface area contributed by atoms with Crippen molar-refractivity contribution in [1.82, 2.24) is 9.78 Å². The van der Waals surface area contributed by atoms with Gasteiger partial charge in [0.1, 0.15) is 5.82 Å². The van der Waals surface area contributed by atoms with Crippen LogP contribution in [0.3, 0.4) is 0 Å². The van der Waals surface area contributed by atoms with Crippen LogP contribution >= 0.6 is 12.4 Å². The molecule has 1 rings (SSSR count). The van der Waals surface area contributed by atoms with Gasteiger partial charge in [0.15, 0.2) is 0 Å². The van der Waals surface area contributed by atoms with Crippen LogP contribution in [0.25, 0.3) is 0 Å². The molecule has 0 saturated heterocycles. The summed E-state index contributed by atoms with van der Waals surface area (Å²) in [6.45, 7) is 10.7. The molecule has 1 aromatic heterocycles. The average Bonchev–Trinajstić information content (AvgIpc) is 2.43. The Bertz CT molecular complexity index is 281. The number of halogens is 1. The molecule has 0 fully saturated rings. The fourth-order valence-corrected chi connectivity index (χ4v) is 1.38. The Labute approximate surface area is 98.7 Å². The minimum Gasteiger partial charge on any atom is -0.369 e. The molecule has 0 aromatic carbocycles. The molecule has 0 aliphatic heterocycles. The van der Waals surface area contributed by atoms with Crippen molar-refractivity contribution in [3.8, 4) is 0 Å². The summed E-state index contributed by atoms with van der Waals surface area (Å²) in [6, 6.07) is 2.11. The molecule has 0 amide bonds. The zero-order chi connectivity index (χ0) is 10.6. The SMILES string of the molecule is CCCNc1cc(C)n(CC(C)C)n1.Cl. The zero-order valence-corrected chi connectivity index (χ0v) is 10.9. The molecule has 0 spiro atoms. The van der Waals surface area contributed by atoms with Gasteiger partial charge in [-0.2, -0.15) is 5.10 Å². The summed E-state index contributed by atoms with van der Waals surface area (Å²) in [6.07, 6.45) is 1.14. The van der Waals surface area contributed by atoms with Gasteiger partial charge in [-0.25, -0.2) is 0 Å². The summed E-state index contributed by atoms with van der Waals surface area (Å²) < 4.78 is 2.07. The van der Waals surface area contributed by atoms with E-state index in [1.165, 1.54) is 5.69 Å². The number of aryl methyl sites for hydroxylation is 1. The standard InChI is InChI=1S/C11H21N3.ClH/c1-5-6-12-11-7-10(4)14(13-11)8-9(2)3;/h7,9H,5-6,8H2,1-4H3,(H,12,13);1H. The van der Waals surface area contributed by atoms with Crippen molar-refractivity contribution in [2.24, 2.45) is 5.92 Å². The van der Waals surface area contributed by atoms with Crippen LogP contribution in [0.15, 0.2) is 6.07 Å². The van der Waals surface area contributed by atoms with Crippen LogP contribution in [0, 0.1) is 12.8 Å². The predicted molar refractivity (Wildman–Crippen MR) is 67.8 cm³/mol. The molecule has 1 heterocycles. The van der Waals surface area contributed by atoms with Crippen LogP contribution in [0.2, 0.25) is 0 Å². The van der Waals surface area contributed by atoms with Crippen molar-refractivity contribution in [3.63, 3.8) is 0 Å². The zero-order valence-electron chi connectivity index (χ0n) is 10.1. The highest BCUT2D eigenvalue weighted by Gasteiger charge is 2.04. The van der Waals surface area contributed by atoms with Crippen LogP contribution in [0.1, 0.15) is 32.9 Å². The average molecular weight is 232 g/mol. The van der Waals surface area contributed by atoms with E-state index in [9.17, 15) is 0 Å². The molecule has 88 valence electrons. The van der Waals surface area contributed by atoms with Gasteiger partial charge in [0.2, 0.25) is 0 Å². The maximum Gasteiger partial charge on any atom is 0.148 e. The van der Waals surface area contributed by atoms with E-state index in [0.29, 0.717) is 5.92 Å². The Morgan fingerprint density at radius 3 is 2.67 bits per heavy atom. The van der Waals surface area contributed by atoms with E-state index in [4.69, 9.17) is 0 Å². The van der Waals surface area contributed by atoms with E-state index in [-0.39, 0.29) is 12.4 Å². The smallest absolute Gasteiger partial charge is 0.148 e. The highest BCUT2D eigenvalue weighted by molar-refractivity contribution is 5.85. The second-order valence-corrected chi connectivity index (χ2v) is 4.17. The van der Waals surface area contributed by atoms with Crippen molar-refractivity contribution in [2.45, 2.75) is 40.7 Å². The Kier molecular flexibility index (Phi) is 6.41. The van der Waals surface area contributed by atoms with Gasteiger partial charge in [-0.1, -0.05) is 20.8 Å². The van der Waals surface area contributed by atoms with Crippen LogP contribution in [0.4, 0.5) is 5.82 Å². The van der Waals surface area contributed by atoms with Gasteiger partial charge in [0, 0.05) is 24.8 Å². The van der Waals surface area contributed by atoms with Gasteiger partial charge in [-0.05, 0) is 19.3 Å². The number of hydrogen-bond acceptors (Lipinski definition) is 2. The first-order valence-electron chi connectivity index (χ1n) is 5.41. The maximum absolute atomic E-state index is 4.49. The third kappa shape index (κ3) is 4.56. The summed E-state index contributed by atoms with van der Waals surface area (Å²) >= 11 is 0. The lowest BCUT2D eigenvalue weighted by atomic mass is 10.2. The molecule has 0 saturated carbocycles. The van der Waals surface area contributed by atoms with E-state index in [1.54, 1.807) is 0 Å². The second kappa shape index (κ2) is 6.72. The third-order valence-electron chi connectivity index (χ3n) is 2.08. The second-order valence-electron chi connectivity index (χ2n) is 4.17. The van der Waals surface area contributed by atoms with Crippen LogP contribution in [0.5, 0.6) is 0 Å². The van der Waals surface area contributed by atoms with E-state index in [2.05, 4.69) is 48.9 Å². The molecule has 0 radical (unpaired) electrons. The fraction of sp³-hybridized carbons (Fsp3) is 0.727. The lowest BCUT2D eigenvalue weighted by molar-refractivity contribution is 0.475. The van der Waals surface area contributed by atoms with Gasteiger partial charge < -0.3 is 5.32 Å². The summed E-state index contributed by atoms with van der Waals surface area (Å²) in [5.41, 5.74) is 1.23. The van der Waals surface area contributed by atoms with Crippen LogP contribution in [-0.2, 0) is 6.54 Å². The molecule has 4 heteroatoms. The third-order valence-corrected chi connectivity index (χ3v) is 2.08. The molecule has 0 unspecified atom stereocenters. The number of anilines is 1. The van der Waals surface area contributed by atoms with Gasteiger partial charge >= 0.3 is 0 Å². The highest BCUT2D eigenvalue weighted by Crippen LogP contribution is 2.10. The summed E-state index contributed by atoms with van der Waals surface area (Å²) in [7, 11) is 0. The largest absolute Gasteiger partial charge is 0.369 e. The number of rotatable bonds is 5. The molecule has 1 N–H and O–H groups in total. The minimum absolute atomic E-state index is 0. The van der Waals surface area contributed by atoms with Crippen molar-refractivity contribution < 1.29 is 0 Å². The predicted octanol–water partition coefficient (Wildman–Crippen LogP) is 3.09. The van der Waals surface area contributed by atoms with Gasteiger partial charge in [0.25, 0.3) is 0 Å². The van der Waals surface area contributed by atoms with Crippen molar-refractivity contribution in [2.75, 3.05) is 11.9 Å². The van der Waals surface area contributed by atoms with E-state index in [1.807, 2.05) is 0 Å². The van der Waals surface area contributed by atoms with Gasteiger partial charge in [0.05, 0.1) is 0 Å². The summed E-state index contributed by atoms with van der Waals surface area (Å²) in [5, 5.41) is 7.79. The maximum atomic E-state index is 4.49. The van der Waals surface area contributed by atoms with E-state index in [0.717, 1.165) is 25.3 Å². The number of nitrogens with one attached hydrogen (secondary N) is 1. The monoisotopic (exact) mass is 231 g/mol. The molecule has 0 aliphatic carbocycles. The molecule has 1 aromatic rings. The molecular formula is C11H22ClN3. The first kappa shape index (κ1) is 14.3. The van der Waals surface area contributed by atoms with Crippen molar-refractivity contribution in [3.05, 3.63) is 11.8 Å². The van der Waals surface area contributed by atoms with Crippen molar-refractivity contribution in [1.29, 1.82) is 0 Å². The Balaban J connectivity index is 0.00000196. The highest BCUT2D eigenvalue weighted by atomic mass is 35.5. The van der Waals surface area contributed by atoms with E-state index >= 15 is 0 Å². The topological polar surface area (TPSA) is 29.9 Å². The lowest BCUT2D eigenvalue weighted by Gasteiger charge is -2.06. The molecule has 0 aliphatic rings. The quantitative estimate of drug-likeness (QED) is 0.844. The number of nitrogens with zero attached hydrogens (tertiary/aromatic N) is 2. The van der Waals surface area contributed by atoms with Crippen LogP contribution in [-0.4, -0.2) is 16.3 Å². The normalized spacial score (nSPS) is 10.2. The van der Waals surface area contributed by atoms with Crippen molar-refractivity contribution >= 4 is 18.2 Å². The minimum atomic E-state index is 0. The first-order chi connectivity index (χ1) is 6.63. The number of hydrogen-bond donors (Lipinski definition) is 1. The summed E-state index contributed by atoms with van der Waals surface area (Å²) in [5.74, 6) is 1.65. The van der Waals surface area contributed by atoms with Gasteiger partial charge in [-0.3, -0.25) is 4.68 Å². The number of aromatic nitrogens is 2. The Hall–Kier alpha value is -0.700. The molecule has 15 heavy (non-hydrogen) atoms.